The van der Waals surface area contributed by atoms with Crippen LogP contribution in [-0.4, -0.2) is 32.0 Å². The average molecular weight is 406 g/mol. The number of ether oxygens (including phenoxy) is 1. The molecule has 2 aromatic rings. The van der Waals surface area contributed by atoms with Crippen LogP contribution in [0.4, 0.5) is 0 Å². The van der Waals surface area contributed by atoms with Crippen molar-refractivity contribution < 1.29 is 13.2 Å². The number of halogens is 2. The lowest BCUT2D eigenvalue weighted by molar-refractivity contribution is 0.0927. The van der Waals surface area contributed by atoms with E-state index in [0.717, 1.165) is 17.7 Å². The van der Waals surface area contributed by atoms with Crippen molar-refractivity contribution in [2.75, 3.05) is 13.2 Å². The van der Waals surface area contributed by atoms with Crippen molar-refractivity contribution in [1.29, 1.82) is 0 Å². The molecule has 3 rings (SSSR count). The third kappa shape index (κ3) is 3.95. The Bertz CT molecular complexity index is 767. The molecule has 130 valence electrons. The van der Waals surface area contributed by atoms with E-state index in [4.69, 9.17) is 27.9 Å². The van der Waals surface area contributed by atoms with Crippen LogP contribution in [0.15, 0.2) is 40.6 Å². The third-order valence-corrected chi connectivity index (χ3v) is 7.49. The van der Waals surface area contributed by atoms with Crippen molar-refractivity contribution in [3.8, 4) is 0 Å². The second-order valence-electron chi connectivity index (χ2n) is 5.56. The maximum absolute atomic E-state index is 13.2. The summed E-state index contributed by atoms with van der Waals surface area (Å²) in [6.07, 6.45) is 1.71. The highest BCUT2D eigenvalue weighted by Crippen LogP contribution is 2.33. The van der Waals surface area contributed by atoms with Gasteiger partial charge in [-0.2, -0.15) is 4.31 Å². The lowest BCUT2D eigenvalue weighted by atomic mass is 10.2. The quantitative estimate of drug-likeness (QED) is 0.713. The summed E-state index contributed by atoms with van der Waals surface area (Å²) in [6, 6.07) is 8.52. The minimum atomic E-state index is -3.83. The Labute approximate surface area is 156 Å². The van der Waals surface area contributed by atoms with Gasteiger partial charge in [0.2, 0.25) is 10.0 Å². The van der Waals surface area contributed by atoms with Gasteiger partial charge in [0.15, 0.2) is 0 Å². The summed E-state index contributed by atoms with van der Waals surface area (Å²) in [5.41, 5.74) is 0. The molecule has 1 aliphatic heterocycles. The van der Waals surface area contributed by atoms with Gasteiger partial charge in [-0.05, 0) is 36.4 Å². The molecule has 24 heavy (non-hydrogen) atoms. The molecule has 1 aromatic heterocycles. The van der Waals surface area contributed by atoms with Crippen molar-refractivity contribution >= 4 is 44.6 Å². The molecule has 1 aromatic carbocycles. The maximum Gasteiger partial charge on any atom is 0.246 e. The predicted octanol–water partition coefficient (Wildman–Crippen LogP) is 4.42. The number of benzene rings is 1. The normalized spacial score (nSPS) is 18.4. The Morgan fingerprint density at radius 3 is 2.54 bits per heavy atom. The van der Waals surface area contributed by atoms with E-state index < -0.39 is 10.0 Å². The molecule has 0 saturated carbocycles. The van der Waals surface area contributed by atoms with E-state index in [9.17, 15) is 8.42 Å². The minimum absolute atomic E-state index is 0.0390. The highest BCUT2D eigenvalue weighted by molar-refractivity contribution is 7.89. The molecule has 4 nitrogen and oxygen atoms in total. The van der Waals surface area contributed by atoms with Gasteiger partial charge in [0.25, 0.3) is 0 Å². The van der Waals surface area contributed by atoms with Crippen LogP contribution >= 0.6 is 34.5 Å². The second kappa shape index (κ2) is 7.72. The Morgan fingerprint density at radius 1 is 1.21 bits per heavy atom. The summed E-state index contributed by atoms with van der Waals surface area (Å²) in [6.45, 7) is 1.24. The molecule has 0 aliphatic carbocycles. The maximum atomic E-state index is 13.2. The van der Waals surface area contributed by atoms with E-state index in [-0.39, 0.29) is 27.6 Å². The summed E-state index contributed by atoms with van der Waals surface area (Å²) < 4.78 is 33.4. The molecule has 0 spiro atoms. The smallest absolute Gasteiger partial charge is 0.246 e. The monoisotopic (exact) mass is 405 g/mol. The van der Waals surface area contributed by atoms with Gasteiger partial charge in [-0.1, -0.05) is 35.3 Å². The Kier molecular flexibility index (Phi) is 5.85. The van der Waals surface area contributed by atoms with Gasteiger partial charge >= 0.3 is 0 Å². The van der Waals surface area contributed by atoms with Gasteiger partial charge in [0.05, 0.1) is 16.1 Å². The van der Waals surface area contributed by atoms with Crippen LogP contribution in [-0.2, 0) is 21.3 Å². The van der Waals surface area contributed by atoms with Crippen LogP contribution in [0, 0.1) is 0 Å². The van der Waals surface area contributed by atoms with Gasteiger partial charge in [-0.25, -0.2) is 8.42 Å². The lowest BCUT2D eigenvalue weighted by Crippen LogP contribution is -2.37. The van der Waals surface area contributed by atoms with Crippen LogP contribution in [0.5, 0.6) is 0 Å². The van der Waals surface area contributed by atoms with Crippen LogP contribution in [0.1, 0.15) is 17.7 Å². The van der Waals surface area contributed by atoms with Crippen molar-refractivity contribution in [3.63, 3.8) is 0 Å². The molecular formula is C16H17Cl2NO3S2. The molecule has 0 bridgehead atoms. The van der Waals surface area contributed by atoms with Crippen LogP contribution in [0.3, 0.4) is 0 Å². The molecule has 2 heterocycles. The molecule has 0 unspecified atom stereocenters. The first kappa shape index (κ1) is 18.2. The van der Waals surface area contributed by atoms with Crippen molar-refractivity contribution in [1.82, 2.24) is 4.31 Å². The zero-order valence-electron chi connectivity index (χ0n) is 12.8. The van der Waals surface area contributed by atoms with Crippen LogP contribution in [0.2, 0.25) is 10.0 Å². The Morgan fingerprint density at radius 2 is 1.96 bits per heavy atom. The van der Waals surface area contributed by atoms with Crippen molar-refractivity contribution in [3.05, 3.63) is 50.6 Å². The lowest BCUT2D eigenvalue weighted by Gasteiger charge is -2.25. The average Bonchev–Trinajstić information content (AvgIpc) is 3.19. The number of hydrogen-bond acceptors (Lipinski definition) is 4. The number of hydrogen-bond donors (Lipinski definition) is 0. The number of nitrogens with zero attached hydrogens (tertiary/aromatic N) is 1. The van der Waals surface area contributed by atoms with Crippen LogP contribution < -0.4 is 0 Å². The summed E-state index contributed by atoms with van der Waals surface area (Å²) in [5, 5.41) is 2.19. The van der Waals surface area contributed by atoms with Crippen molar-refractivity contribution in [2.24, 2.45) is 0 Å². The Balaban J connectivity index is 1.96. The number of rotatable bonds is 6. The topological polar surface area (TPSA) is 46.6 Å². The Hall–Kier alpha value is -0.630. The first-order valence-corrected chi connectivity index (χ1v) is 10.6. The molecule has 8 heteroatoms. The van der Waals surface area contributed by atoms with Crippen LogP contribution in [0.25, 0.3) is 0 Å². The van der Waals surface area contributed by atoms with Crippen molar-refractivity contribution in [2.45, 2.75) is 30.4 Å². The summed E-state index contributed by atoms with van der Waals surface area (Å²) in [4.78, 5) is 0.919. The van der Waals surface area contributed by atoms with E-state index in [1.165, 1.54) is 27.8 Å². The predicted molar refractivity (Wildman–Crippen MR) is 97.4 cm³/mol. The molecule has 0 amide bonds. The van der Waals surface area contributed by atoms with Gasteiger partial charge in [-0.3, -0.25) is 0 Å². The fourth-order valence-corrected chi connectivity index (χ4v) is 6.04. The first-order chi connectivity index (χ1) is 11.5. The molecule has 0 N–H and O–H groups in total. The van der Waals surface area contributed by atoms with E-state index in [1.807, 2.05) is 17.5 Å². The van der Waals surface area contributed by atoms with Gasteiger partial charge in [0.1, 0.15) is 4.90 Å². The van der Waals surface area contributed by atoms with Gasteiger partial charge < -0.3 is 4.74 Å². The molecule has 1 aliphatic rings. The highest BCUT2D eigenvalue weighted by atomic mass is 35.5. The number of thiophene rings is 1. The van der Waals surface area contributed by atoms with E-state index >= 15 is 0 Å². The fourth-order valence-electron chi connectivity index (χ4n) is 2.70. The van der Waals surface area contributed by atoms with E-state index in [0.29, 0.717) is 13.2 Å². The first-order valence-electron chi connectivity index (χ1n) is 7.56. The SMILES string of the molecule is O=S(=O)(c1c(Cl)cccc1Cl)N(Cc1cccs1)C[C@@H]1CCCO1. The van der Waals surface area contributed by atoms with Gasteiger partial charge in [0, 0.05) is 24.6 Å². The third-order valence-electron chi connectivity index (χ3n) is 3.86. The standard InChI is InChI=1S/C16H17Cl2NO3S2/c17-14-6-1-7-15(18)16(14)24(20,21)19(10-12-4-2-8-22-12)11-13-5-3-9-23-13/h1,3,5-7,9,12H,2,4,8,10-11H2/t12-/m0/s1. The fraction of sp³-hybridized carbons (Fsp3) is 0.375. The zero-order valence-corrected chi connectivity index (χ0v) is 16.0. The summed E-state index contributed by atoms with van der Waals surface area (Å²) >= 11 is 13.8. The molecule has 1 atom stereocenters. The zero-order chi connectivity index (χ0) is 17.2. The second-order valence-corrected chi connectivity index (χ2v) is 9.28. The van der Waals surface area contributed by atoms with Gasteiger partial charge in [-0.15, -0.1) is 11.3 Å². The summed E-state index contributed by atoms with van der Waals surface area (Å²) in [7, 11) is -3.83. The van der Waals surface area contributed by atoms with E-state index in [2.05, 4.69) is 0 Å². The molecule has 0 radical (unpaired) electrons. The molecular weight excluding hydrogens is 389 g/mol. The highest BCUT2D eigenvalue weighted by Gasteiger charge is 2.32. The largest absolute Gasteiger partial charge is 0.377 e. The molecule has 1 fully saturated rings. The molecule has 1 saturated heterocycles. The minimum Gasteiger partial charge on any atom is -0.377 e. The number of sulfonamides is 1. The van der Waals surface area contributed by atoms with E-state index in [1.54, 1.807) is 6.07 Å². The summed E-state index contributed by atoms with van der Waals surface area (Å²) in [5.74, 6) is 0.